The minimum absolute atomic E-state index is 0.00534. The van der Waals surface area contributed by atoms with E-state index in [0.717, 1.165) is 79.7 Å². The summed E-state index contributed by atoms with van der Waals surface area (Å²) in [6, 6.07) is 18.8. The molecule has 2 aromatic carbocycles. The number of aromatic nitrogens is 4. The van der Waals surface area contributed by atoms with Crippen LogP contribution in [0.25, 0.3) is 22.3 Å². The van der Waals surface area contributed by atoms with Gasteiger partial charge in [-0.1, -0.05) is 31.2 Å². The van der Waals surface area contributed by atoms with E-state index in [1.165, 1.54) is 5.56 Å². The van der Waals surface area contributed by atoms with Crippen LogP contribution < -0.4 is 20.9 Å². The second-order valence-corrected chi connectivity index (χ2v) is 17.4. The number of carbonyl (C=O) groups is 3. The number of rotatable bonds is 9. The third-order valence-electron chi connectivity index (χ3n) is 13.6. The molecule has 324 valence electrons. The maximum atomic E-state index is 13.7. The molecule has 4 aliphatic rings. The van der Waals surface area contributed by atoms with Crippen LogP contribution in [0.4, 0.5) is 22.0 Å². The molecule has 0 bridgehead atoms. The van der Waals surface area contributed by atoms with Crippen molar-refractivity contribution in [3.8, 4) is 17.0 Å². The van der Waals surface area contributed by atoms with E-state index < -0.39 is 6.03 Å². The van der Waals surface area contributed by atoms with Crippen molar-refractivity contribution in [1.82, 2.24) is 34.9 Å². The summed E-state index contributed by atoms with van der Waals surface area (Å²) in [6.45, 7) is 11.4. The maximum Gasteiger partial charge on any atom is 0.328 e. The quantitative estimate of drug-likeness (QED) is 0.151. The van der Waals surface area contributed by atoms with Crippen LogP contribution in [-0.2, 0) is 16.0 Å². The molecule has 0 radical (unpaired) electrons. The molecule has 4 N–H and O–H groups in total. The second-order valence-electron chi connectivity index (χ2n) is 17.4. The maximum absolute atomic E-state index is 13.7. The second kappa shape index (κ2) is 17.4. The Bertz CT molecular complexity index is 2460. The van der Waals surface area contributed by atoms with Gasteiger partial charge in [-0.3, -0.25) is 24.7 Å². The molecule has 1 saturated carbocycles. The highest BCUT2D eigenvalue weighted by molar-refractivity contribution is 6.06. The number of imide groups is 1. The van der Waals surface area contributed by atoms with Gasteiger partial charge in [0, 0.05) is 81.0 Å². The number of para-hydroxylation sites is 1. The monoisotopic (exact) mass is 840 g/mol. The molecule has 0 spiro atoms. The number of pyridine rings is 1. The summed E-state index contributed by atoms with van der Waals surface area (Å²) in [5, 5.41) is 22.5. The normalized spacial score (nSPS) is 23.8. The van der Waals surface area contributed by atoms with Gasteiger partial charge in [-0.25, -0.2) is 9.78 Å². The number of hydrogen-bond acceptors (Lipinski definition) is 11. The highest BCUT2D eigenvalue weighted by Crippen LogP contribution is 2.39. The molecule has 3 saturated heterocycles. The Kier molecular flexibility index (Phi) is 11.6. The SMILES string of the molecule is CCc1cn(C2CCC(CN3CCN(C(=O)c4ccc([C@H]5CN(c6cc(-c7ccccc7O)nnc6N)[C@@H](C)[C@@H](C)O5)cc4)CC3)CC2)c2ncc(N3CCC(=O)NC3=O)cc12. The number of morpholine rings is 1. The fraction of sp³-hybridized carbons (Fsp3) is 0.447. The van der Waals surface area contributed by atoms with Gasteiger partial charge in [0.05, 0.1) is 35.4 Å². The summed E-state index contributed by atoms with van der Waals surface area (Å²) < 4.78 is 8.85. The van der Waals surface area contributed by atoms with Crippen LogP contribution in [0.15, 0.2) is 73.1 Å². The molecule has 3 aromatic heterocycles. The van der Waals surface area contributed by atoms with E-state index >= 15 is 0 Å². The number of carbonyl (C=O) groups excluding carboxylic acids is 3. The first kappa shape index (κ1) is 41.3. The molecule has 3 aliphatic heterocycles. The number of amides is 4. The molecule has 1 aliphatic carbocycles. The first-order valence-electron chi connectivity index (χ1n) is 22.1. The fourth-order valence-corrected chi connectivity index (χ4v) is 9.79. The number of urea groups is 1. The van der Waals surface area contributed by atoms with Crippen LogP contribution in [0.5, 0.6) is 5.75 Å². The average Bonchev–Trinajstić information content (AvgIpc) is 3.66. The summed E-state index contributed by atoms with van der Waals surface area (Å²) in [6.07, 6.45) is 9.25. The van der Waals surface area contributed by atoms with Gasteiger partial charge in [-0.2, -0.15) is 0 Å². The molecule has 15 nitrogen and oxygen atoms in total. The van der Waals surface area contributed by atoms with Gasteiger partial charge in [-0.05, 0) is 99.4 Å². The number of phenols is 1. The molecule has 4 fully saturated rings. The number of hydrogen-bond donors (Lipinski definition) is 3. The minimum atomic E-state index is -0.393. The molecule has 62 heavy (non-hydrogen) atoms. The average molecular weight is 841 g/mol. The third-order valence-corrected chi connectivity index (χ3v) is 13.6. The highest BCUT2D eigenvalue weighted by Gasteiger charge is 2.35. The lowest BCUT2D eigenvalue weighted by atomic mass is 9.85. The summed E-state index contributed by atoms with van der Waals surface area (Å²) in [5.74, 6) is 0.862. The zero-order valence-corrected chi connectivity index (χ0v) is 35.7. The Hall–Kier alpha value is -6.06. The summed E-state index contributed by atoms with van der Waals surface area (Å²) in [4.78, 5) is 51.1. The topological polar surface area (TPSA) is 175 Å². The van der Waals surface area contributed by atoms with Gasteiger partial charge in [0.2, 0.25) is 5.91 Å². The number of fused-ring (bicyclic) bond motifs is 1. The number of anilines is 3. The lowest BCUT2D eigenvalue weighted by Crippen LogP contribution is -2.50. The Labute approximate surface area is 361 Å². The lowest BCUT2D eigenvalue weighted by Gasteiger charge is -2.43. The van der Waals surface area contributed by atoms with Crippen LogP contribution in [-0.4, -0.2) is 110 Å². The number of ether oxygens (including phenoxy) is 1. The number of aryl methyl sites for hydroxylation is 1. The van der Waals surface area contributed by atoms with Crippen LogP contribution in [0, 0.1) is 5.92 Å². The van der Waals surface area contributed by atoms with Crippen LogP contribution >= 0.6 is 0 Å². The van der Waals surface area contributed by atoms with Gasteiger partial charge in [0.1, 0.15) is 17.5 Å². The number of nitrogens with one attached hydrogen (secondary N) is 1. The lowest BCUT2D eigenvalue weighted by molar-refractivity contribution is -0.120. The number of nitrogens with zero attached hydrogens (tertiary/aromatic N) is 8. The number of benzene rings is 2. The third kappa shape index (κ3) is 8.18. The number of piperazine rings is 1. The molecule has 6 heterocycles. The van der Waals surface area contributed by atoms with Crippen molar-refractivity contribution < 1.29 is 24.2 Å². The summed E-state index contributed by atoms with van der Waals surface area (Å²) >= 11 is 0. The van der Waals surface area contributed by atoms with Crippen molar-refractivity contribution in [3.63, 3.8) is 0 Å². The molecule has 3 atom stereocenters. The van der Waals surface area contributed by atoms with E-state index in [0.29, 0.717) is 60.8 Å². The van der Waals surface area contributed by atoms with Gasteiger partial charge in [0.25, 0.3) is 5.91 Å². The molecule has 15 heteroatoms. The van der Waals surface area contributed by atoms with E-state index in [1.54, 1.807) is 29.3 Å². The van der Waals surface area contributed by atoms with Crippen LogP contribution in [0.2, 0.25) is 0 Å². The first-order valence-corrected chi connectivity index (χ1v) is 22.1. The fourth-order valence-electron chi connectivity index (χ4n) is 9.79. The van der Waals surface area contributed by atoms with Crippen molar-refractivity contribution in [3.05, 3.63) is 89.7 Å². The number of nitrogen functional groups attached to an aromatic ring is 1. The van der Waals surface area contributed by atoms with Crippen molar-refractivity contribution in [2.24, 2.45) is 5.92 Å². The van der Waals surface area contributed by atoms with Gasteiger partial charge in [-0.15, -0.1) is 10.2 Å². The Balaban J connectivity index is 0.774. The van der Waals surface area contributed by atoms with Crippen molar-refractivity contribution in [1.29, 1.82) is 0 Å². The first-order chi connectivity index (χ1) is 30.0. The van der Waals surface area contributed by atoms with E-state index in [9.17, 15) is 19.5 Å². The van der Waals surface area contributed by atoms with Crippen molar-refractivity contribution in [2.45, 2.75) is 83.6 Å². The zero-order valence-electron chi connectivity index (χ0n) is 35.7. The van der Waals surface area contributed by atoms with E-state index in [-0.39, 0.29) is 42.2 Å². The minimum Gasteiger partial charge on any atom is -0.507 e. The molecular formula is C47H56N10O5. The van der Waals surface area contributed by atoms with E-state index in [1.807, 2.05) is 41.3 Å². The van der Waals surface area contributed by atoms with E-state index in [4.69, 9.17) is 15.5 Å². The predicted molar refractivity (Wildman–Crippen MR) is 238 cm³/mol. The predicted octanol–water partition coefficient (Wildman–Crippen LogP) is 6.33. The van der Waals surface area contributed by atoms with Crippen LogP contribution in [0.1, 0.15) is 86.5 Å². The van der Waals surface area contributed by atoms with Gasteiger partial charge in [0.15, 0.2) is 5.82 Å². The van der Waals surface area contributed by atoms with Gasteiger partial charge >= 0.3 is 6.03 Å². The molecular weight excluding hydrogens is 785 g/mol. The number of nitrogens with two attached hydrogens (primary N) is 1. The van der Waals surface area contributed by atoms with Crippen molar-refractivity contribution in [2.75, 3.05) is 61.3 Å². The van der Waals surface area contributed by atoms with Crippen molar-refractivity contribution >= 4 is 46.1 Å². The smallest absolute Gasteiger partial charge is 0.328 e. The molecule has 4 amide bonds. The molecule has 9 rings (SSSR count). The number of phenolic OH excluding ortho intramolecular Hbond substituents is 1. The zero-order chi connectivity index (χ0) is 43.1. The summed E-state index contributed by atoms with van der Waals surface area (Å²) in [7, 11) is 0. The Morgan fingerprint density at radius 2 is 1.71 bits per heavy atom. The Morgan fingerprint density at radius 3 is 2.44 bits per heavy atom. The highest BCUT2D eigenvalue weighted by atomic mass is 16.5. The largest absolute Gasteiger partial charge is 0.507 e. The molecule has 5 aromatic rings. The van der Waals surface area contributed by atoms with E-state index in [2.05, 4.69) is 62.9 Å². The Morgan fingerprint density at radius 1 is 0.952 bits per heavy atom. The molecule has 0 unspecified atom stereocenters. The summed E-state index contributed by atoms with van der Waals surface area (Å²) in [5.41, 5.74) is 12.8. The van der Waals surface area contributed by atoms with Gasteiger partial charge < -0.3 is 29.9 Å². The number of aromatic hydroxyl groups is 1. The standard InChI is InChI=1S/C47H56N10O5/c1-4-32-27-57(45-38(32)23-36(25-49-45)55-18-17-43(59)50-47(55)61)35-15-9-31(10-16-35)26-53-19-21-54(22-20-53)46(60)34-13-11-33(12-14-34)42-28-56(29(2)30(3)62-42)40-24-39(51-52-44(40)48)37-7-5-6-8-41(37)58/h5-8,11-14,23-25,27,29-31,35,42,58H,4,9-10,15-22,26,28H2,1-3H3,(H2,48,52)(H,50,59,61)/t29-,30+,31?,35?,42+/m0/s1. The van der Waals surface area contributed by atoms with Crippen LogP contribution in [0.3, 0.4) is 0 Å².